The number of nitrogens with one attached hydrogen (secondary N) is 2. The van der Waals surface area contributed by atoms with Gasteiger partial charge in [0.15, 0.2) is 0 Å². The van der Waals surface area contributed by atoms with E-state index in [1.54, 1.807) is 13.8 Å². The second kappa shape index (κ2) is 8.45. The predicted molar refractivity (Wildman–Crippen MR) is 106 cm³/mol. The Labute approximate surface area is 181 Å². The van der Waals surface area contributed by atoms with Crippen molar-refractivity contribution in [2.45, 2.75) is 69.3 Å². The topological polar surface area (TPSA) is 100 Å². The Balaban J connectivity index is 1.69. The Morgan fingerprint density at radius 2 is 1.94 bits per heavy atom. The molecular formula is C20H26F5N5O2. The Kier molecular flexibility index (Phi) is 6.38. The molecule has 1 aromatic heterocycles. The van der Waals surface area contributed by atoms with Gasteiger partial charge in [0.05, 0.1) is 18.1 Å². The molecule has 3 amide bonds. The predicted octanol–water partition coefficient (Wildman–Crippen LogP) is 3.36. The van der Waals surface area contributed by atoms with Gasteiger partial charge in [-0.3, -0.25) is 4.79 Å². The summed E-state index contributed by atoms with van der Waals surface area (Å²) in [4.78, 5) is 29.8. The molecule has 1 aromatic rings. The zero-order valence-corrected chi connectivity index (χ0v) is 17.7. The lowest BCUT2D eigenvalue weighted by Crippen LogP contribution is -2.45. The first-order valence-corrected chi connectivity index (χ1v) is 10.3. The van der Waals surface area contributed by atoms with Crippen LogP contribution in [0, 0.1) is 5.92 Å². The minimum Gasteiger partial charge on any atom is -0.324 e. The largest absolute Gasteiger partial charge is 0.410 e. The van der Waals surface area contributed by atoms with Gasteiger partial charge in [0, 0.05) is 19.0 Å². The summed E-state index contributed by atoms with van der Waals surface area (Å²) in [5.41, 5.74) is 5.29. The van der Waals surface area contributed by atoms with Crippen LogP contribution in [-0.2, 0) is 10.3 Å². The standard InChI is InChI=1S/C20H26F5N5O2/c1-18(2,30-10-13(20(23,24)25)28-17(30)32)12-5-8-27-14(9-12)29-16(31)15(26)11-3-6-19(21,22)7-4-11/h5,8-9,11,13,15H,3-4,6-7,10,26H2,1-2H3,(H,28,32)(H,27,29,31)/t13-,15-/m0/s1. The van der Waals surface area contributed by atoms with Crippen LogP contribution in [0.1, 0.15) is 45.1 Å². The summed E-state index contributed by atoms with van der Waals surface area (Å²) >= 11 is 0. The van der Waals surface area contributed by atoms with E-state index >= 15 is 0 Å². The summed E-state index contributed by atoms with van der Waals surface area (Å²) < 4.78 is 65.8. The van der Waals surface area contributed by atoms with Gasteiger partial charge in [0.2, 0.25) is 11.8 Å². The molecule has 0 bridgehead atoms. The van der Waals surface area contributed by atoms with Gasteiger partial charge < -0.3 is 21.3 Å². The van der Waals surface area contributed by atoms with Crippen LogP contribution in [0.5, 0.6) is 0 Å². The zero-order valence-electron chi connectivity index (χ0n) is 17.7. The molecule has 0 spiro atoms. The van der Waals surface area contributed by atoms with Gasteiger partial charge in [-0.05, 0) is 50.3 Å². The molecule has 12 heteroatoms. The fourth-order valence-corrected chi connectivity index (χ4v) is 4.09. The molecule has 4 N–H and O–H groups in total. The van der Waals surface area contributed by atoms with Crippen LogP contribution in [0.3, 0.4) is 0 Å². The quantitative estimate of drug-likeness (QED) is 0.583. The Hall–Kier alpha value is -2.50. The van der Waals surface area contributed by atoms with Crippen LogP contribution in [0.25, 0.3) is 0 Å². The highest BCUT2D eigenvalue weighted by atomic mass is 19.4. The molecule has 0 radical (unpaired) electrons. The van der Waals surface area contributed by atoms with E-state index < -0.39 is 48.2 Å². The van der Waals surface area contributed by atoms with E-state index in [9.17, 15) is 31.5 Å². The maximum atomic E-state index is 13.3. The molecule has 1 aliphatic heterocycles. The van der Waals surface area contributed by atoms with Gasteiger partial charge in [0.25, 0.3) is 0 Å². The average molecular weight is 463 g/mol. The van der Waals surface area contributed by atoms with E-state index in [1.165, 1.54) is 18.3 Å². The summed E-state index contributed by atoms with van der Waals surface area (Å²) in [7, 11) is 0. The number of nitrogens with zero attached hydrogens (tertiary/aromatic N) is 2. The first kappa shape index (κ1) is 24.1. The third-order valence-electron chi connectivity index (χ3n) is 6.27. The maximum absolute atomic E-state index is 13.3. The Morgan fingerprint density at radius 1 is 1.31 bits per heavy atom. The number of amides is 3. The van der Waals surface area contributed by atoms with Gasteiger partial charge in [-0.2, -0.15) is 13.2 Å². The highest BCUT2D eigenvalue weighted by molar-refractivity contribution is 5.94. The molecule has 2 fully saturated rings. The number of rotatable bonds is 5. The molecule has 2 atom stereocenters. The van der Waals surface area contributed by atoms with Crippen molar-refractivity contribution in [2.75, 3.05) is 11.9 Å². The van der Waals surface area contributed by atoms with E-state index in [0.717, 1.165) is 4.90 Å². The minimum absolute atomic E-state index is 0.101. The van der Waals surface area contributed by atoms with Crippen molar-refractivity contribution in [2.24, 2.45) is 11.7 Å². The van der Waals surface area contributed by atoms with Crippen molar-refractivity contribution in [1.29, 1.82) is 0 Å². The van der Waals surface area contributed by atoms with Crippen LogP contribution < -0.4 is 16.4 Å². The minimum atomic E-state index is -4.57. The molecule has 32 heavy (non-hydrogen) atoms. The lowest BCUT2D eigenvalue weighted by molar-refractivity contribution is -0.150. The smallest absolute Gasteiger partial charge is 0.324 e. The second-order valence-electron chi connectivity index (χ2n) is 8.85. The normalized spacial score (nSPS) is 23.1. The summed E-state index contributed by atoms with van der Waals surface area (Å²) in [5, 5.41) is 4.48. The van der Waals surface area contributed by atoms with Gasteiger partial charge in [-0.25, -0.2) is 18.6 Å². The fraction of sp³-hybridized carbons (Fsp3) is 0.650. The molecule has 178 valence electrons. The molecule has 0 unspecified atom stereocenters. The number of aromatic nitrogens is 1. The molecule has 1 saturated heterocycles. The van der Waals surface area contributed by atoms with Gasteiger partial charge in [-0.1, -0.05) is 0 Å². The van der Waals surface area contributed by atoms with E-state index in [0.29, 0.717) is 5.56 Å². The number of halogens is 5. The first-order valence-electron chi connectivity index (χ1n) is 10.3. The molecule has 1 aliphatic carbocycles. The number of hydrogen-bond acceptors (Lipinski definition) is 4. The Bertz CT molecular complexity index is 866. The Morgan fingerprint density at radius 3 is 2.50 bits per heavy atom. The zero-order chi connectivity index (χ0) is 23.9. The number of urea groups is 1. The monoisotopic (exact) mass is 463 g/mol. The second-order valence-corrected chi connectivity index (χ2v) is 8.85. The molecule has 7 nitrogen and oxygen atoms in total. The number of hydrogen-bond donors (Lipinski definition) is 3. The van der Waals surface area contributed by atoms with Crippen LogP contribution in [0.4, 0.5) is 32.6 Å². The summed E-state index contributed by atoms with van der Waals surface area (Å²) in [6.45, 7) is 2.61. The highest BCUT2D eigenvalue weighted by Crippen LogP contribution is 2.37. The summed E-state index contributed by atoms with van der Waals surface area (Å²) in [6.07, 6.45) is -3.60. The van der Waals surface area contributed by atoms with Crippen LogP contribution in [-0.4, -0.2) is 52.5 Å². The number of pyridine rings is 1. The van der Waals surface area contributed by atoms with Crippen molar-refractivity contribution in [1.82, 2.24) is 15.2 Å². The van der Waals surface area contributed by atoms with E-state index in [4.69, 9.17) is 5.73 Å². The van der Waals surface area contributed by atoms with Crippen LogP contribution >= 0.6 is 0 Å². The first-order chi connectivity index (χ1) is 14.7. The summed E-state index contributed by atoms with van der Waals surface area (Å²) in [6, 6.07) is -0.839. The van der Waals surface area contributed by atoms with Crippen LogP contribution in [0.2, 0.25) is 0 Å². The summed E-state index contributed by atoms with van der Waals surface area (Å²) in [5.74, 6) is -3.61. The number of carbonyl (C=O) groups is 2. The van der Waals surface area contributed by atoms with Crippen molar-refractivity contribution in [3.8, 4) is 0 Å². The lowest BCUT2D eigenvalue weighted by atomic mass is 9.82. The third-order valence-corrected chi connectivity index (χ3v) is 6.27. The number of carbonyl (C=O) groups excluding carboxylic acids is 2. The van der Waals surface area contributed by atoms with Crippen molar-refractivity contribution < 1.29 is 31.5 Å². The van der Waals surface area contributed by atoms with Crippen molar-refractivity contribution in [3.63, 3.8) is 0 Å². The van der Waals surface area contributed by atoms with Gasteiger partial charge in [-0.15, -0.1) is 0 Å². The van der Waals surface area contributed by atoms with E-state index in [2.05, 4.69) is 10.3 Å². The lowest BCUT2D eigenvalue weighted by Gasteiger charge is -2.35. The third kappa shape index (κ3) is 5.11. The SMILES string of the molecule is CC(C)(c1ccnc(NC(=O)[C@@H](N)C2CCC(F)(F)CC2)c1)N1C[C@@H](C(F)(F)F)NC1=O. The molecular weight excluding hydrogens is 437 g/mol. The van der Waals surface area contributed by atoms with E-state index in [1.807, 2.05) is 5.32 Å². The van der Waals surface area contributed by atoms with Gasteiger partial charge >= 0.3 is 12.2 Å². The average Bonchev–Trinajstić information content (AvgIpc) is 3.10. The van der Waals surface area contributed by atoms with Crippen molar-refractivity contribution in [3.05, 3.63) is 23.9 Å². The number of alkyl halides is 5. The molecule has 1 saturated carbocycles. The van der Waals surface area contributed by atoms with Crippen molar-refractivity contribution >= 4 is 17.8 Å². The molecule has 2 aliphatic rings. The molecule has 2 heterocycles. The fourth-order valence-electron chi connectivity index (χ4n) is 4.09. The number of nitrogens with two attached hydrogens (primary N) is 1. The maximum Gasteiger partial charge on any atom is 0.410 e. The highest BCUT2D eigenvalue weighted by Gasteiger charge is 2.50. The number of anilines is 1. The molecule has 3 rings (SSSR count). The van der Waals surface area contributed by atoms with E-state index in [-0.39, 0.29) is 37.4 Å². The molecule has 0 aromatic carbocycles. The van der Waals surface area contributed by atoms with Gasteiger partial charge in [0.1, 0.15) is 11.9 Å². The van der Waals surface area contributed by atoms with Crippen LogP contribution in [0.15, 0.2) is 18.3 Å².